The van der Waals surface area contributed by atoms with Gasteiger partial charge in [-0.1, -0.05) is 38.1 Å². The van der Waals surface area contributed by atoms with Gasteiger partial charge in [0.15, 0.2) is 0 Å². The Bertz CT molecular complexity index is 183. The third-order valence-corrected chi connectivity index (χ3v) is 1.88. The lowest BCUT2D eigenvalue weighted by atomic mass is 10.0. The Morgan fingerprint density at radius 2 is 1.25 bits per heavy atom. The first-order valence-corrected chi connectivity index (χ1v) is 5.08. The van der Waals surface area contributed by atoms with Crippen molar-refractivity contribution >= 4 is 11.6 Å². The summed E-state index contributed by atoms with van der Waals surface area (Å²) in [4.78, 5) is 0. The van der Waals surface area contributed by atoms with E-state index >= 15 is 0 Å². The number of hydrogen-bond donors (Lipinski definition) is 0. The summed E-state index contributed by atoms with van der Waals surface area (Å²) in [7, 11) is 0. The van der Waals surface area contributed by atoms with E-state index in [0.717, 1.165) is 12.8 Å². The highest BCUT2D eigenvalue weighted by molar-refractivity contribution is 6.15. The first-order valence-electron chi connectivity index (χ1n) is 4.33. The zero-order chi connectivity index (χ0) is 9.40. The predicted molar refractivity (Wildman–Crippen MR) is 57.0 cm³/mol. The van der Waals surface area contributed by atoms with Gasteiger partial charge < -0.3 is 0 Å². The summed E-state index contributed by atoms with van der Waals surface area (Å²) in [5.41, 5.74) is 2.98. The molecule has 0 amide bonds. The van der Waals surface area contributed by atoms with Gasteiger partial charge in [0.05, 0.1) is 0 Å². The lowest BCUT2D eigenvalue weighted by Crippen LogP contribution is -1.88. The molecule has 68 valence electrons. The highest BCUT2D eigenvalue weighted by Crippen LogP contribution is 2.08. The van der Waals surface area contributed by atoms with Gasteiger partial charge in [-0.3, -0.25) is 0 Å². The predicted octanol–water partition coefficient (Wildman–Crippen LogP) is 3.67. The molecule has 0 fully saturated rings. The van der Waals surface area contributed by atoms with Gasteiger partial charge in [-0.15, -0.1) is 11.6 Å². The van der Waals surface area contributed by atoms with Gasteiger partial charge in [-0.2, -0.15) is 0 Å². The lowest BCUT2D eigenvalue weighted by Gasteiger charge is -2.02. The second kappa shape index (κ2) is 7.17. The van der Waals surface area contributed by atoms with Crippen molar-refractivity contribution in [1.29, 1.82) is 0 Å². The van der Waals surface area contributed by atoms with Crippen LogP contribution in [0.15, 0.2) is 24.3 Å². The Morgan fingerprint density at radius 3 is 1.50 bits per heavy atom. The van der Waals surface area contributed by atoms with Crippen LogP contribution in [0.2, 0.25) is 0 Å². The van der Waals surface area contributed by atoms with Gasteiger partial charge in [0.2, 0.25) is 0 Å². The maximum Gasteiger partial charge on any atom is 0.0108 e. The molecule has 0 nitrogen and oxygen atoms in total. The molecule has 0 aliphatic rings. The Hall–Kier alpha value is -0.490. The van der Waals surface area contributed by atoms with Crippen molar-refractivity contribution in [2.24, 2.45) is 0 Å². The van der Waals surface area contributed by atoms with Crippen molar-refractivity contribution in [2.45, 2.75) is 26.7 Å². The summed E-state index contributed by atoms with van der Waals surface area (Å²) in [5.74, 6) is 0. The molecule has 0 saturated carbocycles. The molecule has 0 aliphatic carbocycles. The molecule has 12 heavy (non-hydrogen) atoms. The minimum Gasteiger partial charge on any atom is -0.130 e. The van der Waals surface area contributed by atoms with E-state index in [2.05, 4.69) is 49.7 Å². The van der Waals surface area contributed by atoms with E-state index in [1.165, 1.54) is 17.5 Å². The van der Waals surface area contributed by atoms with Crippen LogP contribution in [0.1, 0.15) is 25.0 Å². The number of aryl methyl sites for hydroxylation is 2. The monoisotopic (exact) mass is 184 g/mol. The van der Waals surface area contributed by atoms with Crippen LogP contribution in [-0.2, 0) is 12.8 Å². The molecule has 0 atom stereocenters. The van der Waals surface area contributed by atoms with Gasteiger partial charge >= 0.3 is 0 Å². The summed E-state index contributed by atoms with van der Waals surface area (Å²) in [6, 6.07) is 8.63. The molecule has 0 aliphatic heterocycles. The average molecular weight is 185 g/mol. The number of halogens is 1. The molecule has 0 bridgehead atoms. The fourth-order valence-electron chi connectivity index (χ4n) is 1.25. The highest BCUT2D eigenvalue weighted by atomic mass is 35.5. The molecule has 0 saturated heterocycles. The van der Waals surface area contributed by atoms with E-state index in [1.807, 2.05) is 0 Å². The third-order valence-electron chi connectivity index (χ3n) is 1.88. The minimum absolute atomic E-state index is 1.16. The number of hydrogen-bond acceptors (Lipinski definition) is 0. The molecule has 0 N–H and O–H groups in total. The normalized spacial score (nSPS) is 8.67. The van der Waals surface area contributed by atoms with Gasteiger partial charge in [-0.05, 0) is 24.0 Å². The topological polar surface area (TPSA) is 0 Å². The first-order chi connectivity index (χ1) is 5.88. The van der Waals surface area contributed by atoms with Gasteiger partial charge in [0, 0.05) is 6.38 Å². The van der Waals surface area contributed by atoms with Crippen LogP contribution in [0.3, 0.4) is 0 Å². The van der Waals surface area contributed by atoms with Crippen LogP contribution in [0, 0.1) is 0 Å². The summed E-state index contributed by atoms with van der Waals surface area (Å²) in [6.07, 6.45) is 3.79. The SMILES string of the molecule is CCc1ccccc1CC.CCl. The molecule has 1 heteroatoms. The summed E-state index contributed by atoms with van der Waals surface area (Å²) in [5, 5.41) is 0. The molecule has 0 aromatic heterocycles. The molecular weight excluding hydrogens is 168 g/mol. The van der Waals surface area contributed by atoms with Crippen molar-refractivity contribution in [1.82, 2.24) is 0 Å². The summed E-state index contributed by atoms with van der Waals surface area (Å²) < 4.78 is 0. The molecule has 0 radical (unpaired) electrons. The van der Waals surface area contributed by atoms with Crippen molar-refractivity contribution in [3.05, 3.63) is 35.4 Å². The fraction of sp³-hybridized carbons (Fsp3) is 0.455. The Labute approximate surface area is 80.6 Å². The molecule has 1 rings (SSSR count). The van der Waals surface area contributed by atoms with E-state index in [0.29, 0.717) is 0 Å². The van der Waals surface area contributed by atoms with Crippen LogP contribution in [0.4, 0.5) is 0 Å². The zero-order valence-electron chi connectivity index (χ0n) is 8.10. The molecule has 0 unspecified atom stereocenters. The minimum atomic E-state index is 1.16. The second-order valence-corrected chi connectivity index (χ2v) is 2.48. The third kappa shape index (κ3) is 3.27. The Morgan fingerprint density at radius 1 is 0.917 bits per heavy atom. The van der Waals surface area contributed by atoms with Crippen molar-refractivity contribution in [2.75, 3.05) is 6.38 Å². The smallest absolute Gasteiger partial charge is 0.0108 e. The molecule has 1 aromatic rings. The average Bonchev–Trinajstić information content (AvgIpc) is 2.20. The largest absolute Gasteiger partial charge is 0.130 e. The lowest BCUT2D eigenvalue weighted by molar-refractivity contribution is 1.04. The van der Waals surface area contributed by atoms with Crippen LogP contribution < -0.4 is 0 Å². The molecule has 0 spiro atoms. The fourth-order valence-corrected chi connectivity index (χ4v) is 1.25. The second-order valence-electron chi connectivity index (χ2n) is 2.48. The van der Waals surface area contributed by atoms with Crippen LogP contribution >= 0.6 is 11.6 Å². The first kappa shape index (κ1) is 11.5. The number of rotatable bonds is 2. The van der Waals surface area contributed by atoms with Gasteiger partial charge in [0.1, 0.15) is 0 Å². The molecular formula is C11H17Cl. The highest BCUT2D eigenvalue weighted by Gasteiger charge is 1.93. The molecule has 1 aromatic carbocycles. The summed E-state index contributed by atoms with van der Waals surface area (Å²) in [6.45, 7) is 4.41. The quantitative estimate of drug-likeness (QED) is 0.616. The van der Waals surface area contributed by atoms with Crippen molar-refractivity contribution in [3.8, 4) is 0 Å². The van der Waals surface area contributed by atoms with E-state index in [1.54, 1.807) is 0 Å². The van der Waals surface area contributed by atoms with Crippen molar-refractivity contribution < 1.29 is 0 Å². The van der Waals surface area contributed by atoms with Crippen molar-refractivity contribution in [3.63, 3.8) is 0 Å². The van der Waals surface area contributed by atoms with E-state index in [9.17, 15) is 0 Å². The zero-order valence-corrected chi connectivity index (χ0v) is 8.86. The maximum atomic E-state index is 4.64. The van der Waals surface area contributed by atoms with Crippen LogP contribution in [-0.4, -0.2) is 6.38 Å². The number of alkyl halides is 1. The van der Waals surface area contributed by atoms with Gasteiger partial charge in [-0.25, -0.2) is 0 Å². The Kier molecular flexibility index (Phi) is 6.88. The van der Waals surface area contributed by atoms with Crippen LogP contribution in [0.5, 0.6) is 0 Å². The van der Waals surface area contributed by atoms with Gasteiger partial charge in [0.25, 0.3) is 0 Å². The van der Waals surface area contributed by atoms with E-state index in [-0.39, 0.29) is 0 Å². The van der Waals surface area contributed by atoms with Crippen LogP contribution in [0.25, 0.3) is 0 Å². The summed E-state index contributed by atoms with van der Waals surface area (Å²) >= 11 is 4.64. The van der Waals surface area contributed by atoms with E-state index in [4.69, 9.17) is 0 Å². The maximum absolute atomic E-state index is 4.64. The van der Waals surface area contributed by atoms with E-state index < -0.39 is 0 Å². The Balaban J connectivity index is 0.000000561. The standard InChI is InChI=1S/C10H14.CH3Cl/c1-3-9-7-5-6-8-10(9)4-2;1-2/h5-8H,3-4H2,1-2H3;1H3. The number of benzene rings is 1. The molecule has 0 heterocycles.